The fourth-order valence-corrected chi connectivity index (χ4v) is 2.87. The minimum atomic E-state index is 0.0387. The van der Waals surface area contributed by atoms with Crippen LogP contribution in [0.2, 0.25) is 0 Å². The molecule has 5 heteroatoms. The van der Waals surface area contributed by atoms with Crippen molar-refractivity contribution in [1.29, 1.82) is 0 Å². The van der Waals surface area contributed by atoms with Crippen molar-refractivity contribution in [2.45, 2.75) is 25.8 Å². The molecule has 1 amide bonds. The van der Waals surface area contributed by atoms with Crippen molar-refractivity contribution in [2.24, 2.45) is 0 Å². The van der Waals surface area contributed by atoms with Crippen LogP contribution in [0.4, 0.5) is 5.69 Å². The molecule has 4 nitrogen and oxygen atoms in total. The van der Waals surface area contributed by atoms with Crippen molar-refractivity contribution in [3.63, 3.8) is 0 Å². The summed E-state index contributed by atoms with van der Waals surface area (Å²) in [7, 11) is 0. The summed E-state index contributed by atoms with van der Waals surface area (Å²) >= 11 is 3.44. The Bertz CT molecular complexity index is 446. The van der Waals surface area contributed by atoms with Crippen molar-refractivity contribution in [3.05, 3.63) is 28.7 Å². The Balaban J connectivity index is 1.84. The van der Waals surface area contributed by atoms with Crippen LogP contribution in [-0.2, 0) is 4.79 Å². The smallest absolute Gasteiger partial charge is 0.238 e. The van der Waals surface area contributed by atoms with Crippen molar-refractivity contribution < 1.29 is 4.79 Å². The predicted octanol–water partition coefficient (Wildman–Crippen LogP) is 2.46. The Morgan fingerprint density at radius 3 is 2.95 bits per heavy atom. The molecule has 1 heterocycles. The Hall–Kier alpha value is -0.910. The first-order valence-electron chi connectivity index (χ1n) is 7.19. The topological polar surface area (TPSA) is 44.4 Å². The molecule has 2 N–H and O–H groups in total. The maximum atomic E-state index is 12.1. The van der Waals surface area contributed by atoms with E-state index in [2.05, 4.69) is 38.4 Å². The average Bonchev–Trinajstić information content (AvgIpc) is 2.93. The molecule has 1 saturated heterocycles. The Labute approximate surface area is 129 Å². The van der Waals surface area contributed by atoms with Gasteiger partial charge in [-0.2, -0.15) is 0 Å². The summed E-state index contributed by atoms with van der Waals surface area (Å²) in [5.41, 5.74) is 0.826. The third-order valence-electron chi connectivity index (χ3n) is 3.60. The summed E-state index contributed by atoms with van der Waals surface area (Å²) < 4.78 is 0.911. The van der Waals surface area contributed by atoms with E-state index in [9.17, 15) is 4.79 Å². The maximum Gasteiger partial charge on any atom is 0.238 e. The van der Waals surface area contributed by atoms with Crippen molar-refractivity contribution in [3.8, 4) is 0 Å². The van der Waals surface area contributed by atoms with Gasteiger partial charge in [-0.3, -0.25) is 9.69 Å². The average molecular weight is 340 g/mol. The lowest BCUT2D eigenvalue weighted by atomic mass is 10.2. The molecule has 0 bridgehead atoms. The summed E-state index contributed by atoms with van der Waals surface area (Å²) in [5.74, 6) is 0.0387. The van der Waals surface area contributed by atoms with Crippen molar-refractivity contribution in [2.75, 3.05) is 31.5 Å². The quantitative estimate of drug-likeness (QED) is 0.836. The molecular weight excluding hydrogens is 318 g/mol. The van der Waals surface area contributed by atoms with Crippen LogP contribution in [0.1, 0.15) is 19.8 Å². The second-order valence-corrected chi connectivity index (χ2v) is 6.00. The van der Waals surface area contributed by atoms with Gasteiger partial charge in [-0.25, -0.2) is 0 Å². The van der Waals surface area contributed by atoms with Gasteiger partial charge in [-0.15, -0.1) is 0 Å². The summed E-state index contributed by atoms with van der Waals surface area (Å²) in [5, 5.41) is 6.42. The number of carbonyl (C=O) groups excluding carboxylic acids is 1. The number of anilines is 1. The molecule has 2 rings (SSSR count). The van der Waals surface area contributed by atoms with Gasteiger partial charge in [-0.05, 0) is 54.0 Å². The van der Waals surface area contributed by atoms with Crippen LogP contribution in [-0.4, -0.2) is 43.0 Å². The molecule has 1 aromatic carbocycles. The second-order valence-electron chi connectivity index (χ2n) is 5.15. The number of benzene rings is 1. The lowest BCUT2D eigenvalue weighted by Gasteiger charge is -2.23. The Kier molecular flexibility index (Phi) is 6.01. The third-order valence-corrected chi connectivity index (χ3v) is 4.29. The van der Waals surface area contributed by atoms with Crippen LogP contribution in [0.3, 0.4) is 0 Å². The fourth-order valence-electron chi connectivity index (χ4n) is 2.49. The highest BCUT2D eigenvalue weighted by Crippen LogP contribution is 2.21. The third kappa shape index (κ3) is 4.58. The number of rotatable bonds is 6. The van der Waals surface area contributed by atoms with Gasteiger partial charge in [0.15, 0.2) is 0 Å². The van der Waals surface area contributed by atoms with Gasteiger partial charge < -0.3 is 10.6 Å². The molecule has 1 aromatic rings. The highest BCUT2D eigenvalue weighted by atomic mass is 79.9. The van der Waals surface area contributed by atoms with Crippen LogP contribution in [0.25, 0.3) is 0 Å². The van der Waals surface area contributed by atoms with E-state index in [0.717, 1.165) is 29.8 Å². The van der Waals surface area contributed by atoms with E-state index < -0.39 is 0 Å². The predicted molar refractivity (Wildman–Crippen MR) is 85.9 cm³/mol. The summed E-state index contributed by atoms with van der Waals surface area (Å²) in [6, 6.07) is 8.21. The number of likely N-dealkylation sites (N-methyl/N-ethyl adjacent to an activating group) is 1. The van der Waals surface area contributed by atoms with Crippen LogP contribution in [0.5, 0.6) is 0 Å². The van der Waals surface area contributed by atoms with Gasteiger partial charge in [0, 0.05) is 17.1 Å². The van der Waals surface area contributed by atoms with E-state index in [1.54, 1.807) is 0 Å². The van der Waals surface area contributed by atoms with Gasteiger partial charge in [-0.1, -0.05) is 19.1 Å². The number of halogens is 1. The standard InChI is InChI=1S/C15H22BrN3O/c1-2-19(10-12-6-5-9-17-12)11-15(20)18-14-8-4-3-7-13(14)16/h3-4,7-8,12,17H,2,5-6,9-11H2,1H3,(H,18,20). The van der Waals surface area contributed by atoms with E-state index in [1.807, 2.05) is 24.3 Å². The minimum absolute atomic E-state index is 0.0387. The van der Waals surface area contributed by atoms with Crippen LogP contribution in [0.15, 0.2) is 28.7 Å². The SMILES string of the molecule is CCN(CC(=O)Nc1ccccc1Br)CC1CCCN1. The molecule has 110 valence electrons. The molecule has 1 aliphatic rings. The molecule has 0 aromatic heterocycles. The zero-order valence-electron chi connectivity index (χ0n) is 11.9. The lowest BCUT2D eigenvalue weighted by Crippen LogP contribution is -2.41. The van der Waals surface area contributed by atoms with Gasteiger partial charge in [0.05, 0.1) is 12.2 Å². The molecule has 1 fully saturated rings. The number of nitrogens with zero attached hydrogens (tertiary/aromatic N) is 1. The first-order valence-corrected chi connectivity index (χ1v) is 7.98. The first-order chi connectivity index (χ1) is 9.69. The molecule has 1 unspecified atom stereocenters. The monoisotopic (exact) mass is 339 g/mol. The number of nitrogens with one attached hydrogen (secondary N) is 2. The molecule has 1 aliphatic heterocycles. The van der Waals surface area contributed by atoms with Gasteiger partial charge >= 0.3 is 0 Å². The molecule has 0 spiro atoms. The van der Waals surface area contributed by atoms with Gasteiger partial charge in [0.1, 0.15) is 0 Å². The van der Waals surface area contributed by atoms with Crippen LogP contribution < -0.4 is 10.6 Å². The van der Waals surface area contributed by atoms with Crippen LogP contribution >= 0.6 is 15.9 Å². The normalized spacial score (nSPS) is 18.4. The summed E-state index contributed by atoms with van der Waals surface area (Å²) in [6.45, 7) is 5.48. The van der Waals surface area contributed by atoms with E-state index in [1.165, 1.54) is 12.8 Å². The first kappa shape index (κ1) is 15.5. The van der Waals surface area contributed by atoms with E-state index >= 15 is 0 Å². The number of amides is 1. The lowest BCUT2D eigenvalue weighted by molar-refractivity contribution is -0.117. The highest BCUT2D eigenvalue weighted by molar-refractivity contribution is 9.10. The van der Waals surface area contributed by atoms with Crippen molar-refractivity contribution in [1.82, 2.24) is 10.2 Å². The molecule has 1 atom stereocenters. The van der Waals surface area contributed by atoms with Crippen LogP contribution in [0, 0.1) is 0 Å². The number of para-hydroxylation sites is 1. The molecule has 20 heavy (non-hydrogen) atoms. The number of hydrogen-bond donors (Lipinski definition) is 2. The summed E-state index contributed by atoms with van der Waals surface area (Å²) in [4.78, 5) is 14.3. The summed E-state index contributed by atoms with van der Waals surface area (Å²) in [6.07, 6.45) is 2.45. The maximum absolute atomic E-state index is 12.1. The molecule has 0 saturated carbocycles. The largest absolute Gasteiger partial charge is 0.324 e. The Morgan fingerprint density at radius 1 is 1.50 bits per heavy atom. The highest BCUT2D eigenvalue weighted by Gasteiger charge is 2.18. The minimum Gasteiger partial charge on any atom is -0.324 e. The van der Waals surface area contributed by atoms with Crippen molar-refractivity contribution >= 4 is 27.5 Å². The molecule has 0 radical (unpaired) electrons. The second kappa shape index (κ2) is 7.76. The van der Waals surface area contributed by atoms with E-state index in [4.69, 9.17) is 0 Å². The van der Waals surface area contributed by atoms with Gasteiger partial charge in [0.2, 0.25) is 5.91 Å². The van der Waals surface area contributed by atoms with E-state index in [0.29, 0.717) is 12.6 Å². The Morgan fingerprint density at radius 2 is 2.30 bits per heavy atom. The van der Waals surface area contributed by atoms with E-state index in [-0.39, 0.29) is 5.91 Å². The fraction of sp³-hybridized carbons (Fsp3) is 0.533. The molecular formula is C15H22BrN3O. The zero-order valence-corrected chi connectivity index (χ0v) is 13.4. The zero-order chi connectivity index (χ0) is 14.4. The number of hydrogen-bond acceptors (Lipinski definition) is 3. The molecule has 0 aliphatic carbocycles. The number of carbonyl (C=O) groups is 1. The van der Waals surface area contributed by atoms with Gasteiger partial charge in [0.25, 0.3) is 0 Å².